The fourth-order valence-electron chi connectivity index (χ4n) is 3.54. The molecule has 9 heteroatoms. The average Bonchev–Trinajstić information content (AvgIpc) is 3.04. The third kappa shape index (κ3) is 2.71. The van der Waals surface area contributed by atoms with Crippen LogP contribution in [0.3, 0.4) is 0 Å². The second kappa shape index (κ2) is 5.37. The molecule has 1 saturated heterocycles. The molecule has 4 rings (SSSR count). The van der Waals surface area contributed by atoms with Crippen molar-refractivity contribution in [1.29, 1.82) is 0 Å². The van der Waals surface area contributed by atoms with Gasteiger partial charge in [0.1, 0.15) is 17.0 Å². The van der Waals surface area contributed by atoms with Crippen LogP contribution in [0.25, 0.3) is 10.2 Å². The van der Waals surface area contributed by atoms with Crippen molar-refractivity contribution in [2.75, 3.05) is 18.2 Å². The minimum atomic E-state index is -3.29. The molecule has 2 aromatic rings. The lowest BCUT2D eigenvalue weighted by Crippen LogP contribution is -2.68. The molecule has 2 aromatic heterocycles. The number of anilines is 1. The first-order valence-corrected chi connectivity index (χ1v) is 10.2. The largest absolute Gasteiger partial charge is 0.376 e. The second-order valence-corrected chi connectivity index (χ2v) is 9.19. The minimum absolute atomic E-state index is 0.0180. The SMILES string of the molecule is Cc1cc2c(N[C@H]3[C@H]4CCO[C@H]4[C@@H]3NS(C)(=O)=O)ncnc2s1. The number of nitrogens with zero attached hydrogens (tertiary/aromatic N) is 2. The summed E-state index contributed by atoms with van der Waals surface area (Å²) in [6, 6.07) is 1.78. The van der Waals surface area contributed by atoms with Gasteiger partial charge in [0.2, 0.25) is 10.0 Å². The summed E-state index contributed by atoms with van der Waals surface area (Å²) >= 11 is 1.62. The van der Waals surface area contributed by atoms with Gasteiger partial charge in [-0.05, 0) is 19.4 Å². The molecular formula is C14H18N4O3S2. The summed E-state index contributed by atoms with van der Waals surface area (Å²) in [7, 11) is -3.29. The van der Waals surface area contributed by atoms with Gasteiger partial charge < -0.3 is 10.1 Å². The normalized spacial score (nSPS) is 30.2. The zero-order valence-electron chi connectivity index (χ0n) is 12.8. The highest BCUT2D eigenvalue weighted by atomic mass is 32.2. The second-order valence-electron chi connectivity index (χ2n) is 6.17. The Labute approximate surface area is 138 Å². The predicted octanol–water partition coefficient (Wildman–Crippen LogP) is 1.12. The molecule has 2 aliphatic rings. The summed E-state index contributed by atoms with van der Waals surface area (Å²) in [5.74, 6) is 1.06. The highest BCUT2D eigenvalue weighted by Gasteiger charge is 2.55. The van der Waals surface area contributed by atoms with Crippen molar-refractivity contribution in [3.63, 3.8) is 0 Å². The molecule has 0 aromatic carbocycles. The molecule has 7 nitrogen and oxygen atoms in total. The number of rotatable bonds is 4. The quantitative estimate of drug-likeness (QED) is 0.855. The maximum atomic E-state index is 11.6. The van der Waals surface area contributed by atoms with Gasteiger partial charge in [0.25, 0.3) is 0 Å². The van der Waals surface area contributed by atoms with Gasteiger partial charge in [-0.1, -0.05) is 0 Å². The van der Waals surface area contributed by atoms with Crippen molar-refractivity contribution < 1.29 is 13.2 Å². The van der Waals surface area contributed by atoms with Crippen LogP contribution in [0.15, 0.2) is 12.4 Å². The highest BCUT2D eigenvalue weighted by Crippen LogP contribution is 2.41. The molecule has 124 valence electrons. The van der Waals surface area contributed by atoms with E-state index in [2.05, 4.69) is 26.1 Å². The number of hydrogen-bond donors (Lipinski definition) is 2. The summed E-state index contributed by atoms with van der Waals surface area (Å²) in [5.41, 5.74) is 0. The summed E-state index contributed by atoms with van der Waals surface area (Å²) in [5, 5.41) is 4.41. The van der Waals surface area contributed by atoms with Crippen molar-refractivity contribution in [2.24, 2.45) is 5.92 Å². The Morgan fingerprint density at radius 3 is 2.96 bits per heavy atom. The molecule has 0 amide bonds. The van der Waals surface area contributed by atoms with Crippen LogP contribution in [0.1, 0.15) is 11.3 Å². The van der Waals surface area contributed by atoms with E-state index in [-0.39, 0.29) is 18.2 Å². The Morgan fingerprint density at radius 1 is 1.35 bits per heavy atom. The molecule has 0 radical (unpaired) electrons. The van der Waals surface area contributed by atoms with Crippen molar-refractivity contribution >= 4 is 37.4 Å². The van der Waals surface area contributed by atoms with Gasteiger partial charge in [-0.3, -0.25) is 0 Å². The van der Waals surface area contributed by atoms with Gasteiger partial charge >= 0.3 is 0 Å². The Morgan fingerprint density at radius 2 is 2.17 bits per heavy atom. The van der Waals surface area contributed by atoms with Crippen LogP contribution < -0.4 is 10.0 Å². The molecule has 3 heterocycles. The third-order valence-electron chi connectivity index (χ3n) is 4.49. The fraction of sp³-hybridized carbons (Fsp3) is 0.571. The lowest BCUT2D eigenvalue weighted by atomic mass is 9.72. The first-order chi connectivity index (χ1) is 10.9. The van der Waals surface area contributed by atoms with Gasteiger partial charge in [0, 0.05) is 17.4 Å². The van der Waals surface area contributed by atoms with Gasteiger partial charge in [-0.25, -0.2) is 23.1 Å². The lowest BCUT2D eigenvalue weighted by Gasteiger charge is -2.47. The number of sulfonamides is 1. The number of aryl methyl sites for hydroxylation is 1. The fourth-order valence-corrected chi connectivity index (χ4v) is 5.16. The topological polar surface area (TPSA) is 93.2 Å². The van der Waals surface area contributed by atoms with Crippen molar-refractivity contribution in [1.82, 2.24) is 14.7 Å². The van der Waals surface area contributed by atoms with E-state index < -0.39 is 10.0 Å². The standard InChI is InChI=1S/C14H18N4O3S2/c1-7-5-9-13(15-6-16-14(9)22-7)17-10-8-3-4-21-12(8)11(10)18-23(2,19)20/h5-6,8,10-12,18H,3-4H2,1-2H3,(H,15,16,17)/t8-,10+,11-,12-/m1/s1. The number of nitrogens with one attached hydrogen (secondary N) is 2. The van der Waals surface area contributed by atoms with Gasteiger partial charge in [-0.15, -0.1) is 11.3 Å². The van der Waals surface area contributed by atoms with E-state index >= 15 is 0 Å². The molecule has 0 unspecified atom stereocenters. The maximum Gasteiger partial charge on any atom is 0.209 e. The molecular weight excluding hydrogens is 336 g/mol. The zero-order valence-corrected chi connectivity index (χ0v) is 14.4. The number of ether oxygens (including phenoxy) is 1. The van der Waals surface area contributed by atoms with Crippen LogP contribution >= 0.6 is 11.3 Å². The van der Waals surface area contributed by atoms with E-state index in [1.165, 1.54) is 11.1 Å². The maximum absolute atomic E-state index is 11.6. The summed E-state index contributed by atoms with van der Waals surface area (Å²) in [6.07, 6.45) is 3.60. The van der Waals surface area contributed by atoms with Gasteiger partial charge in [0.15, 0.2) is 0 Å². The molecule has 1 saturated carbocycles. The Kier molecular flexibility index (Phi) is 3.56. The molecule has 0 spiro atoms. The van der Waals surface area contributed by atoms with Crippen LogP contribution in [-0.2, 0) is 14.8 Å². The van der Waals surface area contributed by atoms with E-state index in [4.69, 9.17) is 4.74 Å². The lowest BCUT2D eigenvalue weighted by molar-refractivity contribution is -0.00314. The van der Waals surface area contributed by atoms with Crippen LogP contribution in [0, 0.1) is 12.8 Å². The molecule has 4 atom stereocenters. The number of aromatic nitrogens is 2. The zero-order chi connectivity index (χ0) is 16.2. The average molecular weight is 354 g/mol. The van der Waals surface area contributed by atoms with Crippen LogP contribution in [0.5, 0.6) is 0 Å². The first-order valence-electron chi connectivity index (χ1n) is 7.49. The van der Waals surface area contributed by atoms with Crippen molar-refractivity contribution in [3.05, 3.63) is 17.3 Å². The Bertz CT molecular complexity index is 851. The van der Waals surface area contributed by atoms with Crippen molar-refractivity contribution in [2.45, 2.75) is 31.5 Å². The number of thiophene rings is 1. The Hall–Kier alpha value is -1.29. The molecule has 0 bridgehead atoms. The molecule has 2 fully saturated rings. The molecule has 23 heavy (non-hydrogen) atoms. The van der Waals surface area contributed by atoms with E-state index in [0.29, 0.717) is 12.5 Å². The summed E-state index contributed by atoms with van der Waals surface area (Å²) in [4.78, 5) is 10.8. The summed E-state index contributed by atoms with van der Waals surface area (Å²) in [6.45, 7) is 2.71. The van der Waals surface area contributed by atoms with E-state index in [1.807, 2.05) is 6.92 Å². The Balaban J connectivity index is 1.63. The smallest absolute Gasteiger partial charge is 0.209 e. The van der Waals surface area contributed by atoms with Crippen LogP contribution in [0.2, 0.25) is 0 Å². The number of hydrogen-bond acceptors (Lipinski definition) is 7. The molecule has 1 aliphatic carbocycles. The number of fused-ring (bicyclic) bond motifs is 2. The third-order valence-corrected chi connectivity index (χ3v) is 6.15. The monoisotopic (exact) mass is 354 g/mol. The van der Waals surface area contributed by atoms with Crippen LogP contribution in [-0.4, -0.2) is 49.4 Å². The highest BCUT2D eigenvalue weighted by molar-refractivity contribution is 7.88. The first kappa shape index (κ1) is 15.3. The predicted molar refractivity (Wildman–Crippen MR) is 89.2 cm³/mol. The van der Waals surface area contributed by atoms with E-state index in [0.717, 1.165) is 22.5 Å². The summed E-state index contributed by atoms with van der Waals surface area (Å²) < 4.78 is 31.6. The van der Waals surface area contributed by atoms with Crippen LogP contribution in [0.4, 0.5) is 5.82 Å². The molecule has 2 N–H and O–H groups in total. The minimum Gasteiger partial charge on any atom is -0.376 e. The van der Waals surface area contributed by atoms with Gasteiger partial charge in [0.05, 0.1) is 29.8 Å². The van der Waals surface area contributed by atoms with E-state index in [9.17, 15) is 8.42 Å². The van der Waals surface area contributed by atoms with E-state index in [1.54, 1.807) is 17.7 Å². The van der Waals surface area contributed by atoms with Gasteiger partial charge in [-0.2, -0.15) is 0 Å². The molecule has 1 aliphatic heterocycles. The van der Waals surface area contributed by atoms with Crippen molar-refractivity contribution in [3.8, 4) is 0 Å².